The van der Waals surface area contributed by atoms with Crippen molar-refractivity contribution in [1.82, 2.24) is 5.32 Å². The molecule has 0 aromatic heterocycles. The molecule has 3 aromatic rings. The highest BCUT2D eigenvalue weighted by Crippen LogP contribution is 2.28. The van der Waals surface area contributed by atoms with Gasteiger partial charge in [0.15, 0.2) is 0 Å². The molecule has 1 aliphatic heterocycles. The molecule has 0 saturated carbocycles. The van der Waals surface area contributed by atoms with Crippen LogP contribution in [-0.4, -0.2) is 31.4 Å². The molecule has 0 aliphatic carbocycles. The van der Waals surface area contributed by atoms with Crippen molar-refractivity contribution in [3.05, 3.63) is 89.5 Å². The van der Waals surface area contributed by atoms with E-state index in [0.717, 1.165) is 16.8 Å². The number of para-hydroxylation sites is 1. The minimum atomic E-state index is -0.516. The van der Waals surface area contributed by atoms with E-state index in [2.05, 4.69) is 10.6 Å². The van der Waals surface area contributed by atoms with Crippen molar-refractivity contribution < 1.29 is 19.1 Å². The number of benzene rings is 3. The molecule has 0 spiro atoms. The molecule has 34 heavy (non-hydrogen) atoms. The molecule has 0 radical (unpaired) electrons. The van der Waals surface area contributed by atoms with Crippen molar-refractivity contribution in [2.24, 2.45) is 5.92 Å². The van der Waals surface area contributed by atoms with Crippen molar-refractivity contribution in [3.63, 3.8) is 0 Å². The molecule has 1 fully saturated rings. The normalized spacial score (nSPS) is 15.2. The van der Waals surface area contributed by atoms with Gasteiger partial charge in [0, 0.05) is 25.2 Å². The Labute approximate surface area is 198 Å². The Bertz CT molecular complexity index is 1210. The standard InChI is InChI=1S/C27H27N3O4/c1-18-7-3-4-8-19(18)16-28-27(33)23-9-5-6-10-24(23)29-26(32)20-15-25(31)30(17-20)21-11-13-22(34-2)14-12-21/h3-14,20H,15-17H2,1-2H3,(H,28,33)(H,29,32)/t20-/m0/s1. The maximum absolute atomic E-state index is 13.0. The van der Waals surface area contributed by atoms with Gasteiger partial charge in [0.2, 0.25) is 11.8 Å². The van der Waals surface area contributed by atoms with Gasteiger partial charge in [-0.05, 0) is 54.4 Å². The van der Waals surface area contributed by atoms with Gasteiger partial charge in [0.25, 0.3) is 5.91 Å². The van der Waals surface area contributed by atoms with E-state index < -0.39 is 5.92 Å². The van der Waals surface area contributed by atoms with Crippen LogP contribution in [0.1, 0.15) is 27.9 Å². The smallest absolute Gasteiger partial charge is 0.253 e. The molecule has 4 rings (SSSR count). The second-order valence-corrected chi connectivity index (χ2v) is 8.25. The third-order valence-electron chi connectivity index (χ3n) is 6.01. The van der Waals surface area contributed by atoms with Gasteiger partial charge < -0.3 is 20.3 Å². The zero-order valence-electron chi connectivity index (χ0n) is 19.2. The van der Waals surface area contributed by atoms with E-state index in [4.69, 9.17) is 4.74 Å². The minimum Gasteiger partial charge on any atom is -0.497 e. The molecule has 3 aromatic carbocycles. The van der Waals surface area contributed by atoms with Crippen LogP contribution >= 0.6 is 0 Å². The summed E-state index contributed by atoms with van der Waals surface area (Å²) in [5, 5.41) is 5.78. The Morgan fingerprint density at radius 1 is 1.00 bits per heavy atom. The molecule has 1 heterocycles. The highest BCUT2D eigenvalue weighted by molar-refractivity contribution is 6.07. The lowest BCUT2D eigenvalue weighted by Gasteiger charge is -2.17. The largest absolute Gasteiger partial charge is 0.497 e. The van der Waals surface area contributed by atoms with E-state index in [1.807, 2.05) is 31.2 Å². The molecule has 0 unspecified atom stereocenters. The number of ether oxygens (including phenoxy) is 1. The number of nitrogens with one attached hydrogen (secondary N) is 2. The summed E-state index contributed by atoms with van der Waals surface area (Å²) in [5.41, 5.74) is 3.64. The van der Waals surface area contributed by atoms with Crippen LogP contribution in [0.3, 0.4) is 0 Å². The molecule has 1 saturated heterocycles. The summed E-state index contributed by atoms with van der Waals surface area (Å²) in [7, 11) is 1.58. The fourth-order valence-electron chi connectivity index (χ4n) is 4.00. The Kier molecular flexibility index (Phi) is 6.92. The maximum atomic E-state index is 13.0. The van der Waals surface area contributed by atoms with Gasteiger partial charge in [-0.1, -0.05) is 36.4 Å². The molecule has 1 aliphatic rings. The summed E-state index contributed by atoms with van der Waals surface area (Å²) in [6.45, 7) is 2.66. The number of carbonyl (C=O) groups excluding carboxylic acids is 3. The van der Waals surface area contributed by atoms with Crippen molar-refractivity contribution in [2.75, 3.05) is 23.9 Å². The molecule has 7 nitrogen and oxygen atoms in total. The van der Waals surface area contributed by atoms with Crippen LogP contribution in [0.2, 0.25) is 0 Å². The minimum absolute atomic E-state index is 0.111. The number of amides is 3. The molecule has 174 valence electrons. The van der Waals surface area contributed by atoms with E-state index in [-0.39, 0.29) is 30.7 Å². The van der Waals surface area contributed by atoms with Gasteiger partial charge in [-0.25, -0.2) is 0 Å². The lowest BCUT2D eigenvalue weighted by Crippen LogP contribution is -2.29. The lowest BCUT2D eigenvalue weighted by atomic mass is 10.1. The van der Waals surface area contributed by atoms with Crippen LogP contribution < -0.4 is 20.3 Å². The third kappa shape index (κ3) is 5.09. The number of nitrogens with zero attached hydrogens (tertiary/aromatic N) is 1. The van der Waals surface area contributed by atoms with Gasteiger partial charge in [0.1, 0.15) is 5.75 Å². The number of anilines is 2. The van der Waals surface area contributed by atoms with Crippen molar-refractivity contribution in [2.45, 2.75) is 19.9 Å². The van der Waals surface area contributed by atoms with E-state index >= 15 is 0 Å². The molecular formula is C27H27N3O4. The van der Waals surface area contributed by atoms with Gasteiger partial charge in [-0.2, -0.15) is 0 Å². The van der Waals surface area contributed by atoms with Gasteiger partial charge in [-0.15, -0.1) is 0 Å². The first-order chi connectivity index (χ1) is 16.5. The van der Waals surface area contributed by atoms with Gasteiger partial charge in [-0.3, -0.25) is 14.4 Å². The molecular weight excluding hydrogens is 430 g/mol. The first kappa shape index (κ1) is 23.0. The maximum Gasteiger partial charge on any atom is 0.253 e. The van der Waals surface area contributed by atoms with Crippen molar-refractivity contribution in [3.8, 4) is 5.75 Å². The highest BCUT2D eigenvalue weighted by atomic mass is 16.5. The Balaban J connectivity index is 1.42. The Morgan fingerprint density at radius 3 is 2.44 bits per heavy atom. The van der Waals surface area contributed by atoms with Crippen LogP contribution in [0.25, 0.3) is 0 Å². The summed E-state index contributed by atoms with van der Waals surface area (Å²) in [4.78, 5) is 40.0. The number of aryl methyl sites for hydroxylation is 1. The lowest BCUT2D eigenvalue weighted by molar-refractivity contribution is -0.122. The van der Waals surface area contributed by atoms with Gasteiger partial charge in [0.05, 0.1) is 24.3 Å². The van der Waals surface area contributed by atoms with Crippen molar-refractivity contribution in [1.29, 1.82) is 0 Å². The van der Waals surface area contributed by atoms with Crippen LogP contribution in [0.15, 0.2) is 72.8 Å². The van der Waals surface area contributed by atoms with Gasteiger partial charge >= 0.3 is 0 Å². The van der Waals surface area contributed by atoms with Crippen LogP contribution in [0.4, 0.5) is 11.4 Å². The van der Waals surface area contributed by atoms with Crippen LogP contribution in [-0.2, 0) is 16.1 Å². The second-order valence-electron chi connectivity index (χ2n) is 8.25. The predicted molar refractivity (Wildman–Crippen MR) is 131 cm³/mol. The quantitative estimate of drug-likeness (QED) is 0.563. The fraction of sp³-hybridized carbons (Fsp3) is 0.222. The van der Waals surface area contributed by atoms with Crippen molar-refractivity contribution >= 4 is 29.1 Å². The number of hydrogen-bond donors (Lipinski definition) is 2. The molecule has 7 heteroatoms. The molecule has 2 N–H and O–H groups in total. The fourth-order valence-corrected chi connectivity index (χ4v) is 4.00. The number of methoxy groups -OCH3 is 1. The first-order valence-corrected chi connectivity index (χ1v) is 11.1. The van der Waals surface area contributed by atoms with E-state index in [1.165, 1.54) is 0 Å². The number of carbonyl (C=O) groups is 3. The summed E-state index contributed by atoms with van der Waals surface area (Å²) in [5.74, 6) is -0.501. The molecule has 3 amide bonds. The Hall–Kier alpha value is -4.13. The average Bonchev–Trinajstić information content (AvgIpc) is 3.25. The third-order valence-corrected chi connectivity index (χ3v) is 6.01. The second kappa shape index (κ2) is 10.2. The monoisotopic (exact) mass is 457 g/mol. The number of hydrogen-bond acceptors (Lipinski definition) is 4. The highest BCUT2D eigenvalue weighted by Gasteiger charge is 2.35. The van der Waals surface area contributed by atoms with E-state index in [0.29, 0.717) is 23.5 Å². The van der Waals surface area contributed by atoms with E-state index in [1.54, 1.807) is 60.5 Å². The summed E-state index contributed by atoms with van der Waals surface area (Å²) in [6.07, 6.45) is 0.111. The Morgan fingerprint density at radius 2 is 1.71 bits per heavy atom. The van der Waals surface area contributed by atoms with Crippen LogP contribution in [0.5, 0.6) is 5.75 Å². The molecule has 0 bridgehead atoms. The predicted octanol–water partition coefficient (Wildman–Crippen LogP) is 3.93. The molecule has 1 atom stereocenters. The SMILES string of the molecule is COc1ccc(N2C[C@@H](C(=O)Nc3ccccc3C(=O)NCc3ccccc3C)CC2=O)cc1. The summed E-state index contributed by atoms with van der Waals surface area (Å²) >= 11 is 0. The first-order valence-electron chi connectivity index (χ1n) is 11.1. The summed E-state index contributed by atoms with van der Waals surface area (Å²) in [6, 6.07) is 21.9. The zero-order valence-corrected chi connectivity index (χ0v) is 19.2. The summed E-state index contributed by atoms with van der Waals surface area (Å²) < 4.78 is 5.16. The van der Waals surface area contributed by atoms with Crippen LogP contribution in [0, 0.1) is 12.8 Å². The topological polar surface area (TPSA) is 87.7 Å². The number of rotatable bonds is 7. The zero-order chi connectivity index (χ0) is 24.1. The van der Waals surface area contributed by atoms with E-state index in [9.17, 15) is 14.4 Å². The average molecular weight is 458 g/mol.